The summed E-state index contributed by atoms with van der Waals surface area (Å²) in [6.45, 7) is 4.36. The van der Waals surface area contributed by atoms with E-state index in [2.05, 4.69) is 39.5 Å². The predicted molar refractivity (Wildman–Crippen MR) is 72.5 cm³/mol. The lowest BCUT2D eigenvalue weighted by molar-refractivity contribution is -0.00647. The molecule has 2 unspecified atom stereocenters. The molecular formula is C12H28N6. The molecule has 0 aromatic heterocycles. The molecule has 6 nitrogen and oxygen atoms in total. The number of unbranched alkanes of at least 4 members (excludes halogenated alkanes) is 3. The summed E-state index contributed by atoms with van der Waals surface area (Å²) >= 11 is 0. The van der Waals surface area contributed by atoms with E-state index in [1.807, 2.05) is 0 Å². The van der Waals surface area contributed by atoms with E-state index in [1.165, 1.54) is 44.9 Å². The van der Waals surface area contributed by atoms with Crippen molar-refractivity contribution in [2.24, 2.45) is 5.92 Å². The lowest BCUT2D eigenvalue weighted by Crippen LogP contribution is -2.69. The number of nitrogens with zero attached hydrogens (tertiary/aromatic N) is 1. The second-order valence-electron chi connectivity index (χ2n) is 5.38. The Morgan fingerprint density at radius 3 is 2.94 bits per heavy atom. The second-order valence-corrected chi connectivity index (χ2v) is 5.38. The van der Waals surface area contributed by atoms with E-state index in [9.17, 15) is 0 Å². The quantitative estimate of drug-likeness (QED) is 0.464. The Hall–Kier alpha value is -0.240. The molecule has 6 heteroatoms. The van der Waals surface area contributed by atoms with Gasteiger partial charge in [-0.1, -0.05) is 32.6 Å². The Morgan fingerprint density at radius 1 is 1.11 bits per heavy atom. The van der Waals surface area contributed by atoms with Gasteiger partial charge in [-0.25, -0.2) is 10.4 Å². The zero-order valence-electron chi connectivity index (χ0n) is 11.5. The summed E-state index contributed by atoms with van der Waals surface area (Å²) in [7, 11) is 0. The third-order valence-electron chi connectivity index (χ3n) is 4.07. The van der Waals surface area contributed by atoms with Crippen molar-refractivity contribution < 1.29 is 0 Å². The van der Waals surface area contributed by atoms with Crippen molar-refractivity contribution in [2.45, 2.75) is 57.9 Å². The van der Waals surface area contributed by atoms with Crippen LogP contribution in [0.1, 0.15) is 51.9 Å². The Morgan fingerprint density at radius 2 is 2.06 bits per heavy atom. The van der Waals surface area contributed by atoms with Crippen molar-refractivity contribution in [1.29, 1.82) is 0 Å². The maximum Gasteiger partial charge on any atom is 0.0424 e. The highest BCUT2D eigenvalue weighted by Gasteiger charge is 2.31. The van der Waals surface area contributed by atoms with Crippen LogP contribution in [0.5, 0.6) is 0 Å². The number of hydrazine groups is 5. The average molecular weight is 256 g/mol. The summed E-state index contributed by atoms with van der Waals surface area (Å²) in [5, 5.41) is 2.33. The van der Waals surface area contributed by atoms with Crippen LogP contribution >= 0.6 is 0 Å². The molecule has 18 heavy (non-hydrogen) atoms. The maximum atomic E-state index is 3.22. The second kappa shape index (κ2) is 8.04. The van der Waals surface area contributed by atoms with Crippen LogP contribution in [0.15, 0.2) is 0 Å². The van der Waals surface area contributed by atoms with E-state index >= 15 is 0 Å². The van der Waals surface area contributed by atoms with Crippen LogP contribution in [0.4, 0.5) is 0 Å². The minimum atomic E-state index is 0.572. The van der Waals surface area contributed by atoms with Crippen molar-refractivity contribution in [3.8, 4) is 0 Å². The number of piperidine rings is 1. The molecule has 2 rings (SSSR count). The van der Waals surface area contributed by atoms with Crippen molar-refractivity contribution in [3.63, 3.8) is 0 Å². The molecule has 2 heterocycles. The maximum absolute atomic E-state index is 3.22. The van der Waals surface area contributed by atoms with Crippen LogP contribution in [0.25, 0.3) is 0 Å². The van der Waals surface area contributed by atoms with Gasteiger partial charge in [0.15, 0.2) is 0 Å². The highest BCUT2D eigenvalue weighted by atomic mass is 15.9. The lowest BCUT2D eigenvalue weighted by Gasteiger charge is -2.42. The van der Waals surface area contributed by atoms with E-state index < -0.39 is 0 Å². The lowest BCUT2D eigenvalue weighted by atomic mass is 9.85. The molecule has 0 radical (unpaired) electrons. The number of hydrogen-bond acceptors (Lipinski definition) is 6. The van der Waals surface area contributed by atoms with E-state index in [-0.39, 0.29) is 0 Å². The summed E-state index contributed by atoms with van der Waals surface area (Å²) in [6, 6.07) is 0.572. The van der Waals surface area contributed by atoms with Crippen molar-refractivity contribution in [3.05, 3.63) is 0 Å². The largest absolute Gasteiger partial charge is 0.241 e. The molecule has 0 bridgehead atoms. The van der Waals surface area contributed by atoms with Crippen molar-refractivity contribution in [2.75, 3.05) is 13.1 Å². The normalized spacial score (nSPS) is 30.5. The molecule has 0 amide bonds. The first kappa shape index (κ1) is 14.2. The molecule has 0 aromatic rings. The van der Waals surface area contributed by atoms with Gasteiger partial charge in [-0.05, 0) is 25.2 Å². The molecule has 2 saturated heterocycles. The average Bonchev–Trinajstić information content (AvgIpc) is 2.36. The zero-order valence-corrected chi connectivity index (χ0v) is 11.5. The van der Waals surface area contributed by atoms with E-state index in [4.69, 9.17) is 0 Å². The van der Waals surface area contributed by atoms with Gasteiger partial charge in [-0.2, -0.15) is 22.1 Å². The van der Waals surface area contributed by atoms with Crippen LogP contribution in [0.2, 0.25) is 0 Å². The van der Waals surface area contributed by atoms with Crippen LogP contribution < -0.4 is 27.6 Å². The van der Waals surface area contributed by atoms with E-state index in [0.29, 0.717) is 6.04 Å². The smallest absolute Gasteiger partial charge is 0.0424 e. The molecule has 2 aliphatic rings. The van der Waals surface area contributed by atoms with Crippen molar-refractivity contribution in [1.82, 2.24) is 32.6 Å². The minimum Gasteiger partial charge on any atom is -0.241 e. The molecule has 0 spiro atoms. The zero-order chi connectivity index (χ0) is 12.6. The third-order valence-corrected chi connectivity index (χ3v) is 4.07. The van der Waals surface area contributed by atoms with Gasteiger partial charge >= 0.3 is 0 Å². The van der Waals surface area contributed by atoms with Gasteiger partial charge in [0.1, 0.15) is 0 Å². The molecule has 2 fully saturated rings. The Bertz CT molecular complexity index is 225. The highest BCUT2D eigenvalue weighted by molar-refractivity contribution is 4.83. The third kappa shape index (κ3) is 4.15. The summed E-state index contributed by atoms with van der Waals surface area (Å²) in [6.07, 6.45) is 9.48. The van der Waals surface area contributed by atoms with Gasteiger partial charge in [0.25, 0.3) is 0 Å². The van der Waals surface area contributed by atoms with Crippen LogP contribution in [0.3, 0.4) is 0 Å². The van der Waals surface area contributed by atoms with Gasteiger partial charge in [-0.3, -0.25) is 0 Å². The summed E-state index contributed by atoms with van der Waals surface area (Å²) in [5.74, 6) is 0.803. The Balaban J connectivity index is 1.80. The monoisotopic (exact) mass is 256 g/mol. The number of rotatable bonds is 5. The molecule has 5 N–H and O–H groups in total. The SMILES string of the molecule is CCCCCCC1CCCN2NNNNNCC12. The van der Waals surface area contributed by atoms with Gasteiger partial charge in [0, 0.05) is 19.1 Å². The van der Waals surface area contributed by atoms with Gasteiger partial charge < -0.3 is 0 Å². The summed E-state index contributed by atoms with van der Waals surface area (Å²) in [4.78, 5) is 0. The highest BCUT2D eigenvalue weighted by Crippen LogP contribution is 2.27. The van der Waals surface area contributed by atoms with Crippen LogP contribution in [0, 0.1) is 5.92 Å². The Kier molecular flexibility index (Phi) is 6.33. The summed E-state index contributed by atoms with van der Waals surface area (Å²) in [5.41, 5.74) is 15.1. The minimum absolute atomic E-state index is 0.572. The van der Waals surface area contributed by atoms with Gasteiger partial charge in [0.2, 0.25) is 0 Å². The van der Waals surface area contributed by atoms with E-state index in [0.717, 1.165) is 19.0 Å². The van der Waals surface area contributed by atoms with Crippen LogP contribution in [-0.4, -0.2) is 24.1 Å². The fourth-order valence-corrected chi connectivity index (χ4v) is 3.05. The fourth-order valence-electron chi connectivity index (χ4n) is 3.05. The molecule has 2 atom stereocenters. The molecular weight excluding hydrogens is 228 g/mol. The summed E-state index contributed by atoms with van der Waals surface area (Å²) < 4.78 is 0. The number of hydrogen-bond donors (Lipinski definition) is 5. The first-order valence-corrected chi connectivity index (χ1v) is 7.42. The molecule has 0 aromatic carbocycles. The molecule has 0 saturated carbocycles. The topological polar surface area (TPSA) is 63.4 Å². The molecule has 106 valence electrons. The van der Waals surface area contributed by atoms with Crippen LogP contribution in [-0.2, 0) is 0 Å². The van der Waals surface area contributed by atoms with Crippen molar-refractivity contribution >= 4 is 0 Å². The number of nitrogens with one attached hydrogen (secondary N) is 5. The number of fused-ring (bicyclic) bond motifs is 1. The molecule has 0 aliphatic carbocycles. The fraction of sp³-hybridized carbons (Fsp3) is 1.00. The first-order valence-electron chi connectivity index (χ1n) is 7.42. The predicted octanol–water partition coefficient (Wildman–Crippen LogP) is 0.574. The van der Waals surface area contributed by atoms with E-state index in [1.54, 1.807) is 0 Å². The standard InChI is InChI=1S/C12H28N6/c1-2-3-4-5-7-11-8-6-9-18-12(11)10-13-14-15-16-17-18/h11-17H,2-10H2,1H3. The van der Waals surface area contributed by atoms with Gasteiger partial charge in [-0.15, -0.1) is 0 Å². The molecule has 2 aliphatic heterocycles. The first-order chi connectivity index (χ1) is 8.92. The Labute approximate surface area is 110 Å². The van der Waals surface area contributed by atoms with Gasteiger partial charge in [0.05, 0.1) is 0 Å².